The Labute approximate surface area is 167 Å². The summed E-state index contributed by atoms with van der Waals surface area (Å²) in [7, 11) is 0. The van der Waals surface area contributed by atoms with Gasteiger partial charge >= 0.3 is 0 Å². The summed E-state index contributed by atoms with van der Waals surface area (Å²) in [6, 6.07) is 8.85. The number of thioether (sulfide) groups is 1. The van der Waals surface area contributed by atoms with Gasteiger partial charge in [-0.2, -0.15) is 0 Å². The van der Waals surface area contributed by atoms with Crippen molar-refractivity contribution >= 4 is 39.2 Å². The number of carbonyl (C=O) groups excluding carboxylic acids is 1. The van der Waals surface area contributed by atoms with Gasteiger partial charge in [0, 0.05) is 17.0 Å². The van der Waals surface area contributed by atoms with Gasteiger partial charge in [0.2, 0.25) is 5.91 Å². The molecule has 0 spiro atoms. The number of amides is 1. The number of hydrogen-bond acceptors (Lipinski definition) is 5. The zero-order valence-electron chi connectivity index (χ0n) is 15.4. The van der Waals surface area contributed by atoms with Gasteiger partial charge in [0.1, 0.15) is 16.2 Å². The Hall–Kier alpha value is -1.92. The topological polar surface area (TPSA) is 54.9 Å². The van der Waals surface area contributed by atoms with E-state index in [-0.39, 0.29) is 5.91 Å². The summed E-state index contributed by atoms with van der Waals surface area (Å²) in [5.41, 5.74) is 3.55. The van der Waals surface area contributed by atoms with Crippen molar-refractivity contribution in [2.24, 2.45) is 0 Å². The van der Waals surface area contributed by atoms with E-state index in [4.69, 9.17) is 0 Å². The van der Waals surface area contributed by atoms with Crippen LogP contribution in [0.2, 0.25) is 0 Å². The third-order valence-corrected chi connectivity index (χ3v) is 6.88. The van der Waals surface area contributed by atoms with Crippen LogP contribution in [0.25, 0.3) is 21.3 Å². The van der Waals surface area contributed by atoms with Crippen molar-refractivity contribution in [3.63, 3.8) is 0 Å². The molecule has 0 bridgehead atoms. The van der Waals surface area contributed by atoms with Gasteiger partial charge in [-0.15, -0.1) is 11.3 Å². The molecule has 1 fully saturated rings. The normalized spacial score (nSPS) is 15.1. The van der Waals surface area contributed by atoms with E-state index in [2.05, 4.69) is 51.9 Å². The number of aromatic nitrogens is 2. The van der Waals surface area contributed by atoms with Crippen LogP contribution in [-0.2, 0) is 4.79 Å². The second-order valence-electron chi connectivity index (χ2n) is 7.07. The molecule has 0 aliphatic heterocycles. The molecule has 0 atom stereocenters. The first kappa shape index (κ1) is 18.4. The van der Waals surface area contributed by atoms with E-state index in [0.29, 0.717) is 11.8 Å². The molecule has 0 saturated heterocycles. The maximum atomic E-state index is 12.4. The average molecular weight is 398 g/mol. The van der Waals surface area contributed by atoms with E-state index in [1.807, 2.05) is 0 Å². The number of hydrogen-bond donors (Lipinski definition) is 1. The van der Waals surface area contributed by atoms with E-state index in [1.165, 1.54) is 36.6 Å². The highest BCUT2D eigenvalue weighted by Crippen LogP contribution is 2.37. The summed E-state index contributed by atoms with van der Waals surface area (Å²) in [6.45, 7) is 2.09. The highest BCUT2D eigenvalue weighted by atomic mass is 32.2. The first-order chi connectivity index (χ1) is 13.2. The van der Waals surface area contributed by atoms with Crippen LogP contribution in [0.4, 0.5) is 0 Å². The van der Waals surface area contributed by atoms with Crippen LogP contribution < -0.4 is 5.32 Å². The number of thiophene rings is 1. The van der Waals surface area contributed by atoms with Crippen molar-refractivity contribution in [3.8, 4) is 11.1 Å². The average Bonchev–Trinajstić information content (AvgIpc) is 3.12. The second kappa shape index (κ2) is 8.40. The molecule has 6 heteroatoms. The maximum Gasteiger partial charge on any atom is 0.230 e. The fourth-order valence-corrected chi connectivity index (χ4v) is 5.36. The van der Waals surface area contributed by atoms with Gasteiger partial charge < -0.3 is 5.32 Å². The van der Waals surface area contributed by atoms with E-state index < -0.39 is 0 Å². The summed E-state index contributed by atoms with van der Waals surface area (Å²) < 4.78 is 0. The lowest BCUT2D eigenvalue weighted by atomic mass is 9.95. The monoisotopic (exact) mass is 397 g/mol. The quantitative estimate of drug-likeness (QED) is 0.474. The van der Waals surface area contributed by atoms with Crippen molar-refractivity contribution in [2.75, 3.05) is 5.75 Å². The van der Waals surface area contributed by atoms with E-state index in [9.17, 15) is 4.79 Å². The lowest BCUT2D eigenvalue weighted by Gasteiger charge is -2.22. The molecular formula is C21H23N3OS2. The Kier molecular flexibility index (Phi) is 5.74. The van der Waals surface area contributed by atoms with Crippen molar-refractivity contribution in [1.29, 1.82) is 0 Å². The summed E-state index contributed by atoms with van der Waals surface area (Å²) in [5, 5.41) is 7.26. The van der Waals surface area contributed by atoms with Gasteiger partial charge in [-0.1, -0.05) is 60.9 Å². The minimum atomic E-state index is 0.103. The van der Waals surface area contributed by atoms with Gasteiger partial charge in [0.25, 0.3) is 0 Å². The zero-order chi connectivity index (χ0) is 18.6. The second-order valence-corrected chi connectivity index (χ2v) is 8.89. The van der Waals surface area contributed by atoms with Gasteiger partial charge in [-0.25, -0.2) is 9.97 Å². The van der Waals surface area contributed by atoms with Crippen LogP contribution in [0.5, 0.6) is 0 Å². The summed E-state index contributed by atoms with van der Waals surface area (Å²) >= 11 is 3.13. The van der Waals surface area contributed by atoms with Crippen molar-refractivity contribution in [1.82, 2.24) is 15.3 Å². The predicted molar refractivity (Wildman–Crippen MR) is 113 cm³/mol. The molecule has 1 N–H and O–H groups in total. The van der Waals surface area contributed by atoms with Gasteiger partial charge in [0.05, 0.1) is 11.1 Å². The van der Waals surface area contributed by atoms with Crippen molar-refractivity contribution < 1.29 is 4.79 Å². The Bertz CT molecular complexity index is 930. The van der Waals surface area contributed by atoms with Gasteiger partial charge in [-0.05, 0) is 25.3 Å². The van der Waals surface area contributed by atoms with Gasteiger partial charge in [-0.3, -0.25) is 4.79 Å². The highest BCUT2D eigenvalue weighted by Gasteiger charge is 2.18. The third-order valence-electron chi connectivity index (χ3n) is 5.01. The predicted octanol–water partition coefficient (Wildman–Crippen LogP) is 5.21. The molecule has 2 aromatic heterocycles. The van der Waals surface area contributed by atoms with Crippen molar-refractivity contribution in [3.05, 3.63) is 41.5 Å². The summed E-state index contributed by atoms with van der Waals surface area (Å²) in [5.74, 6) is 0.497. The molecule has 0 radical (unpaired) electrons. The number of nitrogens with zero attached hydrogens (tertiary/aromatic N) is 2. The molecule has 1 aliphatic carbocycles. The number of carbonyl (C=O) groups is 1. The first-order valence-corrected chi connectivity index (χ1v) is 11.3. The van der Waals surface area contributed by atoms with Crippen LogP contribution in [0.15, 0.2) is 41.0 Å². The molecule has 3 aromatic rings. The van der Waals surface area contributed by atoms with Gasteiger partial charge in [0.15, 0.2) is 0 Å². The smallest absolute Gasteiger partial charge is 0.230 e. The number of nitrogens with one attached hydrogen (secondary N) is 1. The molecule has 1 amide bonds. The standard InChI is InChI=1S/C21H23N3OS2/c1-14-7-9-15(10-8-14)17-11-26-20-19(17)21(23-13-22-20)27-12-18(25)24-16-5-3-2-4-6-16/h7-11,13,16H,2-6,12H2,1H3,(H,24,25). The van der Waals surface area contributed by atoms with Crippen LogP contribution in [0, 0.1) is 6.92 Å². The zero-order valence-corrected chi connectivity index (χ0v) is 17.0. The molecular weight excluding hydrogens is 374 g/mol. The van der Waals surface area contributed by atoms with Crippen LogP contribution >= 0.6 is 23.1 Å². The Morgan fingerprint density at radius 3 is 2.74 bits per heavy atom. The molecule has 2 heterocycles. The van der Waals surface area contributed by atoms with E-state index >= 15 is 0 Å². The minimum Gasteiger partial charge on any atom is -0.353 e. The lowest BCUT2D eigenvalue weighted by Crippen LogP contribution is -2.37. The molecule has 0 unspecified atom stereocenters. The lowest BCUT2D eigenvalue weighted by molar-refractivity contribution is -0.119. The Morgan fingerprint density at radius 1 is 1.19 bits per heavy atom. The van der Waals surface area contributed by atoms with Crippen LogP contribution in [0.1, 0.15) is 37.7 Å². The van der Waals surface area contributed by atoms with Crippen LogP contribution in [-0.4, -0.2) is 27.7 Å². The first-order valence-electron chi connectivity index (χ1n) is 9.42. The molecule has 27 heavy (non-hydrogen) atoms. The minimum absolute atomic E-state index is 0.103. The third kappa shape index (κ3) is 4.33. The SMILES string of the molecule is Cc1ccc(-c2csc3ncnc(SCC(=O)NC4CCCCC4)c23)cc1. The molecule has 1 aromatic carbocycles. The molecule has 1 aliphatic rings. The van der Waals surface area contributed by atoms with Crippen molar-refractivity contribution in [2.45, 2.75) is 50.1 Å². The number of benzene rings is 1. The molecule has 1 saturated carbocycles. The summed E-state index contributed by atoms with van der Waals surface area (Å²) in [6.07, 6.45) is 7.55. The highest BCUT2D eigenvalue weighted by molar-refractivity contribution is 8.00. The molecule has 4 rings (SSSR count). The Morgan fingerprint density at radius 2 is 1.96 bits per heavy atom. The largest absolute Gasteiger partial charge is 0.353 e. The fourth-order valence-electron chi connectivity index (χ4n) is 3.55. The number of fused-ring (bicyclic) bond motifs is 1. The van der Waals surface area contributed by atoms with E-state index in [1.54, 1.807) is 17.7 Å². The number of rotatable bonds is 5. The van der Waals surface area contributed by atoms with E-state index in [0.717, 1.165) is 39.2 Å². The molecule has 4 nitrogen and oxygen atoms in total. The Balaban J connectivity index is 1.52. The summed E-state index contributed by atoms with van der Waals surface area (Å²) in [4.78, 5) is 22.2. The number of aryl methyl sites for hydroxylation is 1. The molecule has 140 valence electrons. The van der Waals surface area contributed by atoms with Crippen LogP contribution in [0.3, 0.4) is 0 Å². The maximum absolute atomic E-state index is 12.4. The fraction of sp³-hybridized carbons (Fsp3) is 0.381.